The molecule has 12 saturated heterocycles. The van der Waals surface area contributed by atoms with Gasteiger partial charge in [-0.1, -0.05) is 0 Å². The van der Waals surface area contributed by atoms with Gasteiger partial charge in [-0.3, -0.25) is 83.9 Å². The van der Waals surface area contributed by atoms with Crippen LogP contribution in [0.15, 0.2) is 89.1 Å². The number of fused-ring (bicyclic) bond motifs is 12. The first-order chi connectivity index (χ1) is 65.5. The monoisotopic (exact) mass is 2160 g/mol. The average Bonchev–Trinajstić information content (AvgIpc) is 1.56. The lowest BCUT2D eigenvalue weighted by Crippen LogP contribution is -2.45. The summed E-state index contributed by atoms with van der Waals surface area (Å²) in [5, 5.41) is 0. The molecule has 0 amide bonds. The van der Waals surface area contributed by atoms with Gasteiger partial charge in [-0.05, 0) is 89.0 Å². The topological polar surface area (TPSA) is 754 Å². The number of rotatable bonds is 6. The maximum atomic E-state index is 16.0. The molecule has 12 bridgehead atoms. The molecule has 24 heterocycles. The average molecular weight is 2160 g/mol. The number of nitrogens with one attached hydrogen (secondary N) is 3. The van der Waals surface area contributed by atoms with E-state index in [1.807, 2.05) is 0 Å². The van der Waals surface area contributed by atoms with Crippen molar-refractivity contribution >= 4 is 213 Å². The van der Waals surface area contributed by atoms with Gasteiger partial charge in [0.05, 0.1) is 114 Å². The van der Waals surface area contributed by atoms with E-state index in [1.54, 1.807) is 31.9 Å². The molecule has 138 heavy (non-hydrogen) atoms. The zero-order chi connectivity index (χ0) is 96.5. The summed E-state index contributed by atoms with van der Waals surface area (Å²) < 4.78 is 180. The minimum Gasteiger partial charge on any atom is -0.397 e. The molecule has 24 rings (SSSR count). The number of alkyl halides is 3. The molecular formula is C66H72F3N27O30P6S6. The molecule has 30 atom stereocenters. The lowest BCUT2D eigenvalue weighted by molar-refractivity contribution is -0.183. The number of aromatic amines is 3. The Kier molecular flexibility index (Phi) is 24.0. The summed E-state index contributed by atoms with van der Waals surface area (Å²) in [4.78, 5) is 162. The van der Waals surface area contributed by atoms with Gasteiger partial charge in [0.1, 0.15) is 107 Å². The van der Waals surface area contributed by atoms with Crippen LogP contribution in [-0.4, -0.2) is 300 Å². The van der Waals surface area contributed by atoms with Crippen molar-refractivity contribution in [2.75, 3.05) is 93.9 Å². The number of nitrogen functional groups attached to an aromatic ring is 6. The van der Waals surface area contributed by atoms with Gasteiger partial charge in [-0.15, -0.1) is 0 Å². The zero-order valence-corrected chi connectivity index (χ0v) is 79.4. The number of pyridine rings is 3. The van der Waals surface area contributed by atoms with E-state index in [-0.39, 0.29) is 71.2 Å². The Morgan fingerprint density at radius 2 is 0.580 bits per heavy atom. The Bertz CT molecular complexity index is 6780. The molecule has 72 heteroatoms. The Balaban J connectivity index is 0.000000119. The van der Waals surface area contributed by atoms with Crippen molar-refractivity contribution in [2.24, 2.45) is 0 Å². The number of aromatic nitrogens is 21. The van der Waals surface area contributed by atoms with Crippen molar-refractivity contribution in [1.29, 1.82) is 0 Å². The van der Waals surface area contributed by atoms with E-state index in [2.05, 4.69) is 74.8 Å². The van der Waals surface area contributed by atoms with Crippen LogP contribution in [0.3, 0.4) is 0 Å². The second-order valence-corrected chi connectivity index (χ2v) is 49.6. The predicted octanol–water partition coefficient (Wildman–Crippen LogP) is -0.355. The Morgan fingerprint density at radius 3 is 0.848 bits per heavy atom. The van der Waals surface area contributed by atoms with Gasteiger partial charge in [0, 0.05) is 18.6 Å². The summed E-state index contributed by atoms with van der Waals surface area (Å²) >= 11 is 31.9. The van der Waals surface area contributed by atoms with Crippen LogP contribution >= 0.6 is 40.3 Å². The largest absolute Gasteiger partial charge is 0.397 e. The van der Waals surface area contributed by atoms with Crippen molar-refractivity contribution < 1.29 is 139 Å². The molecule has 57 nitrogen and oxygen atoms in total. The highest BCUT2D eigenvalue weighted by molar-refractivity contribution is 8.08. The van der Waals surface area contributed by atoms with Crippen LogP contribution in [0, 0.1) is 0 Å². The third-order valence-electron chi connectivity index (χ3n) is 24.3. The number of nitrogens with two attached hydrogens (primary N) is 6. The van der Waals surface area contributed by atoms with E-state index in [4.69, 9.17) is 202 Å². The minimum absolute atomic E-state index is 0.0537. The standard InChI is InChI=1S/3C22H24FN9O10P2S2/c3*23-10-9-3-37-43(34,45)42-15-14-20(31-6-27-11-8(24)1-2-26-16(11)31)40-22(15,4-36-14)5-38-44(35,46)41-13(10)19(39-9)32-7-28-12-17(32)29-21(25)30-18(12)33/h3*1-2,6-7,9-10,13-15,19-20H,3-5H2,(H2,24,26)(H,34,45)(H,35,46)(H3,25,29,30,33)/t3*9-,10+,13-,14-,15+,19-,20-,22-,43?,44?/m111/s1. The number of nitrogens with zero attached hydrogens (tertiary/aromatic N) is 18. The van der Waals surface area contributed by atoms with E-state index in [1.165, 1.54) is 70.3 Å². The lowest BCUT2D eigenvalue weighted by atomic mass is 10.0. The fraction of sp³-hybridized carbons (Fsp3) is 0.500. The molecule has 0 aliphatic carbocycles. The number of halogens is 3. The van der Waals surface area contributed by atoms with Crippen LogP contribution in [0.5, 0.6) is 0 Å². The SMILES string of the molecule is Nc1nc2c(ncn2[C@@H]2O[C@@H]3COP(O)(=S)O[C@H]4[C@H]5OC[C@]4(COP(O)(=S)O[C@@H]2[C@H]3F)O[C@H]5n2cnc3c(N)ccnc32)c(=O)[nH]1.Nc1nc2c(ncn2[C@@H]2O[C@@H]3COP(O)(=S)O[C@H]4[C@H]5OC[C@]4(COP(O)(=S)O[C@@H]2[C@H]3F)O[C@H]5n2cnc3c(N)ccnc32)c(=O)[nH]1.Nc1nc2c(ncn2[C@@H]2O[C@@H]3COP(O)(=S)O[C@H]4[C@H]5OC[C@]4(COP(O)(=S)O[C@@H]2[C@H]3F)O[C@H]5n2cnc3c(N)ccnc32)c(=O)[nH]1. The van der Waals surface area contributed by atoms with Crippen molar-refractivity contribution in [3.8, 4) is 0 Å². The Labute approximate surface area is 795 Å². The van der Waals surface area contributed by atoms with Crippen LogP contribution in [0.4, 0.5) is 48.1 Å². The smallest absolute Gasteiger partial charge is 0.325 e. The van der Waals surface area contributed by atoms with E-state index in [0.29, 0.717) is 50.6 Å². The van der Waals surface area contributed by atoms with Crippen LogP contribution in [-0.2, 0) is 168 Å². The lowest BCUT2D eigenvalue weighted by Gasteiger charge is -2.33. The molecule has 738 valence electrons. The van der Waals surface area contributed by atoms with Gasteiger partial charge < -0.3 is 134 Å². The van der Waals surface area contributed by atoms with E-state index in [9.17, 15) is 43.7 Å². The highest BCUT2D eigenvalue weighted by Gasteiger charge is 2.70. The first-order valence-corrected chi connectivity index (χ1v) is 56.2. The van der Waals surface area contributed by atoms with Gasteiger partial charge in [0.2, 0.25) is 17.8 Å². The number of anilines is 6. The number of ether oxygens (including phenoxy) is 9. The first kappa shape index (κ1) is 95.2. The number of imidazole rings is 6. The van der Waals surface area contributed by atoms with E-state index < -0.39 is 243 Å². The second kappa shape index (κ2) is 34.8. The third-order valence-corrected chi connectivity index (χ3v) is 33.6. The molecule has 0 radical (unpaired) electrons. The van der Waals surface area contributed by atoms with Crippen LogP contribution < -0.4 is 51.1 Å². The highest BCUT2D eigenvalue weighted by Crippen LogP contribution is 2.64. The molecule has 12 fully saturated rings. The Hall–Kier alpha value is -7.68. The van der Waals surface area contributed by atoms with Gasteiger partial charge in [0.15, 0.2) is 106 Å². The van der Waals surface area contributed by atoms with Gasteiger partial charge in [-0.25, -0.2) is 58.0 Å². The maximum Gasteiger partial charge on any atom is 0.325 e. The Morgan fingerprint density at radius 1 is 0.333 bits per heavy atom. The predicted molar refractivity (Wildman–Crippen MR) is 482 cm³/mol. The van der Waals surface area contributed by atoms with Crippen LogP contribution in [0.2, 0.25) is 0 Å². The summed E-state index contributed by atoms with van der Waals surface area (Å²) in [7, 11) is 0. The summed E-state index contributed by atoms with van der Waals surface area (Å²) in [6, 6.07) is 4.79. The van der Waals surface area contributed by atoms with Gasteiger partial charge in [0.25, 0.3) is 16.7 Å². The van der Waals surface area contributed by atoms with Crippen LogP contribution in [0.25, 0.3) is 67.0 Å². The molecular weight excluding hydrogens is 2090 g/mol. The van der Waals surface area contributed by atoms with E-state index >= 15 is 13.2 Å². The molecule has 12 aliphatic rings. The molecule has 6 unspecified atom stereocenters. The molecule has 0 spiro atoms. The molecule has 21 N–H and O–H groups in total. The minimum atomic E-state index is -4.29. The van der Waals surface area contributed by atoms with Crippen LogP contribution in [0.1, 0.15) is 37.4 Å². The normalized spacial score (nSPS) is 39.7. The van der Waals surface area contributed by atoms with Crippen molar-refractivity contribution in [1.82, 2.24) is 102 Å². The molecule has 12 aromatic heterocycles. The number of hydrogen-bond donors (Lipinski definition) is 15. The molecule has 0 saturated carbocycles. The van der Waals surface area contributed by atoms with Crippen molar-refractivity contribution in [2.45, 2.75) is 146 Å². The molecule has 12 aromatic rings. The number of H-pyrrole nitrogens is 3. The first-order valence-electron chi connectivity index (χ1n) is 40.6. The maximum absolute atomic E-state index is 16.0. The third kappa shape index (κ3) is 16.8. The van der Waals surface area contributed by atoms with Gasteiger partial charge >= 0.3 is 40.3 Å². The fourth-order valence-corrected chi connectivity index (χ4v) is 26.7. The molecule has 0 aromatic carbocycles. The quantitative estimate of drug-likeness (QED) is 0.0946. The fourth-order valence-electron chi connectivity index (χ4n) is 18.1. The molecule has 12 aliphatic heterocycles. The van der Waals surface area contributed by atoms with Crippen molar-refractivity contribution in [3.63, 3.8) is 0 Å². The highest BCUT2D eigenvalue weighted by atomic mass is 32.5. The summed E-state index contributed by atoms with van der Waals surface area (Å²) in [6.45, 7) is -29.0. The second-order valence-electron chi connectivity index (χ2n) is 32.9. The van der Waals surface area contributed by atoms with E-state index in [0.717, 1.165) is 0 Å². The zero-order valence-electron chi connectivity index (χ0n) is 69.2. The van der Waals surface area contributed by atoms with Gasteiger partial charge in [-0.2, -0.15) is 15.0 Å². The summed E-state index contributed by atoms with van der Waals surface area (Å²) in [5.74, 6) is -0.692. The summed E-state index contributed by atoms with van der Waals surface area (Å²) in [5.41, 5.74) is 32.0. The number of hydrogen-bond acceptors (Lipinski definition) is 48. The van der Waals surface area contributed by atoms with Crippen molar-refractivity contribution in [3.05, 3.63) is 106 Å². The summed E-state index contributed by atoms with van der Waals surface area (Å²) in [6.07, 6.45) is -15.7.